The third kappa shape index (κ3) is 2.41. The normalized spacial score (nSPS) is 31.8. The zero-order valence-electron chi connectivity index (χ0n) is 11.0. The van der Waals surface area contributed by atoms with E-state index in [1.807, 2.05) is 6.07 Å². The molecule has 0 radical (unpaired) electrons. The zero-order valence-corrected chi connectivity index (χ0v) is 11.0. The number of carboxylic acids is 1. The first-order chi connectivity index (χ1) is 9.65. The number of aliphatic carboxylic acids is 1. The molecule has 0 unspecified atom stereocenters. The van der Waals surface area contributed by atoms with Gasteiger partial charge in [-0.05, 0) is 25.0 Å². The van der Waals surface area contributed by atoms with Crippen LogP contribution in [0.5, 0.6) is 0 Å². The first kappa shape index (κ1) is 13.1. The lowest BCUT2D eigenvalue weighted by Gasteiger charge is -2.34. The predicted octanol–water partition coefficient (Wildman–Crippen LogP) is 1.44. The second-order valence-electron chi connectivity index (χ2n) is 5.46. The van der Waals surface area contributed by atoms with Gasteiger partial charge in [-0.25, -0.2) is 4.79 Å². The number of nitrogens with one attached hydrogen (secondary N) is 1. The third-order valence-corrected chi connectivity index (χ3v) is 4.18. The standard InChI is InChI=1S/C15H17NO4/c17-14(18)13-11-7-6-10(16-11)8-12(13)20-15(19)9-4-2-1-3-5-9/h1-5,10-13,16H,6-8H2,(H,17,18)/t10-,11+,12-,13+/m0/s1. The van der Waals surface area contributed by atoms with Gasteiger partial charge in [0, 0.05) is 18.5 Å². The van der Waals surface area contributed by atoms with E-state index in [1.165, 1.54) is 0 Å². The van der Waals surface area contributed by atoms with Gasteiger partial charge in [0.25, 0.3) is 0 Å². The maximum atomic E-state index is 12.1. The Morgan fingerprint density at radius 2 is 1.95 bits per heavy atom. The number of benzene rings is 1. The molecule has 20 heavy (non-hydrogen) atoms. The van der Waals surface area contributed by atoms with Gasteiger partial charge in [0.05, 0.1) is 5.56 Å². The number of rotatable bonds is 3. The number of carboxylic acid groups (broad SMARTS) is 1. The number of piperidine rings is 1. The molecule has 2 heterocycles. The molecule has 4 atom stereocenters. The molecule has 1 aromatic rings. The molecule has 1 aromatic carbocycles. The molecular weight excluding hydrogens is 258 g/mol. The van der Waals surface area contributed by atoms with E-state index in [2.05, 4.69) is 5.32 Å². The maximum Gasteiger partial charge on any atom is 0.338 e. The number of fused-ring (bicyclic) bond motifs is 2. The van der Waals surface area contributed by atoms with Crippen LogP contribution >= 0.6 is 0 Å². The van der Waals surface area contributed by atoms with Crippen LogP contribution in [0.4, 0.5) is 0 Å². The number of ether oxygens (including phenoxy) is 1. The van der Waals surface area contributed by atoms with Crippen molar-refractivity contribution in [1.29, 1.82) is 0 Å². The number of esters is 1. The molecular formula is C15H17NO4. The highest BCUT2D eigenvalue weighted by molar-refractivity contribution is 5.89. The quantitative estimate of drug-likeness (QED) is 0.816. The molecule has 0 aliphatic carbocycles. The summed E-state index contributed by atoms with van der Waals surface area (Å²) in [4.78, 5) is 23.5. The van der Waals surface area contributed by atoms with E-state index in [4.69, 9.17) is 4.74 Å². The lowest BCUT2D eigenvalue weighted by Crippen LogP contribution is -2.52. The van der Waals surface area contributed by atoms with Gasteiger partial charge in [-0.2, -0.15) is 0 Å². The van der Waals surface area contributed by atoms with E-state index in [1.54, 1.807) is 24.3 Å². The summed E-state index contributed by atoms with van der Waals surface area (Å²) < 4.78 is 5.47. The van der Waals surface area contributed by atoms with E-state index < -0.39 is 24.0 Å². The Balaban J connectivity index is 1.75. The molecule has 2 N–H and O–H groups in total. The van der Waals surface area contributed by atoms with Gasteiger partial charge in [0.1, 0.15) is 12.0 Å². The van der Waals surface area contributed by atoms with E-state index in [0.29, 0.717) is 12.0 Å². The largest absolute Gasteiger partial charge is 0.481 e. The maximum absolute atomic E-state index is 12.1. The van der Waals surface area contributed by atoms with Crippen LogP contribution in [-0.4, -0.2) is 35.2 Å². The van der Waals surface area contributed by atoms with Gasteiger partial charge in [-0.15, -0.1) is 0 Å². The van der Waals surface area contributed by atoms with Crippen LogP contribution in [-0.2, 0) is 9.53 Å². The molecule has 2 aliphatic rings. The average molecular weight is 275 g/mol. The van der Waals surface area contributed by atoms with Gasteiger partial charge >= 0.3 is 11.9 Å². The smallest absolute Gasteiger partial charge is 0.338 e. The molecule has 2 aliphatic heterocycles. The van der Waals surface area contributed by atoms with E-state index in [0.717, 1.165) is 12.8 Å². The highest BCUT2D eigenvalue weighted by Crippen LogP contribution is 2.34. The highest BCUT2D eigenvalue weighted by Gasteiger charge is 2.47. The van der Waals surface area contributed by atoms with Crippen molar-refractivity contribution < 1.29 is 19.4 Å². The molecule has 2 fully saturated rings. The van der Waals surface area contributed by atoms with Crippen LogP contribution in [0.1, 0.15) is 29.6 Å². The van der Waals surface area contributed by atoms with Crippen LogP contribution in [0, 0.1) is 5.92 Å². The van der Waals surface area contributed by atoms with Gasteiger partial charge in [0.15, 0.2) is 0 Å². The summed E-state index contributed by atoms with van der Waals surface area (Å²) in [6, 6.07) is 8.88. The fourth-order valence-electron chi connectivity index (χ4n) is 3.24. The average Bonchev–Trinajstić information content (AvgIpc) is 2.81. The van der Waals surface area contributed by atoms with E-state index >= 15 is 0 Å². The lowest BCUT2D eigenvalue weighted by atomic mass is 9.89. The van der Waals surface area contributed by atoms with E-state index in [9.17, 15) is 14.7 Å². The Morgan fingerprint density at radius 3 is 2.65 bits per heavy atom. The summed E-state index contributed by atoms with van der Waals surface area (Å²) in [5.41, 5.74) is 0.461. The first-order valence-corrected chi connectivity index (χ1v) is 6.90. The van der Waals surface area contributed by atoms with Crippen molar-refractivity contribution in [3.63, 3.8) is 0 Å². The van der Waals surface area contributed by atoms with Gasteiger partial charge in [0.2, 0.25) is 0 Å². The third-order valence-electron chi connectivity index (χ3n) is 4.18. The summed E-state index contributed by atoms with van der Waals surface area (Å²) in [7, 11) is 0. The van der Waals surface area contributed by atoms with Crippen molar-refractivity contribution in [2.24, 2.45) is 5.92 Å². The molecule has 0 saturated carbocycles. The molecule has 0 aromatic heterocycles. The zero-order chi connectivity index (χ0) is 14.1. The van der Waals surface area contributed by atoms with E-state index in [-0.39, 0.29) is 12.1 Å². The molecule has 3 rings (SSSR count). The lowest BCUT2D eigenvalue weighted by molar-refractivity contribution is -0.148. The summed E-state index contributed by atoms with van der Waals surface area (Å²) in [6.07, 6.45) is 1.82. The van der Waals surface area contributed by atoms with Crippen LogP contribution in [0.3, 0.4) is 0 Å². The molecule has 2 saturated heterocycles. The van der Waals surface area contributed by atoms with Crippen molar-refractivity contribution >= 4 is 11.9 Å². The van der Waals surface area contributed by atoms with Crippen LogP contribution < -0.4 is 5.32 Å². The minimum Gasteiger partial charge on any atom is -0.481 e. The number of hydrogen-bond donors (Lipinski definition) is 2. The van der Waals surface area contributed by atoms with Crippen molar-refractivity contribution in [3.8, 4) is 0 Å². The summed E-state index contributed by atoms with van der Waals surface area (Å²) in [6.45, 7) is 0. The number of carbonyl (C=O) groups excluding carboxylic acids is 1. The molecule has 0 spiro atoms. The minimum atomic E-state index is -0.895. The van der Waals surface area contributed by atoms with Gasteiger partial charge < -0.3 is 15.2 Å². The van der Waals surface area contributed by atoms with Gasteiger partial charge in [-0.1, -0.05) is 18.2 Å². The highest BCUT2D eigenvalue weighted by atomic mass is 16.5. The second kappa shape index (κ2) is 5.25. The molecule has 106 valence electrons. The molecule has 5 heteroatoms. The summed E-state index contributed by atoms with van der Waals surface area (Å²) in [5, 5.41) is 12.7. The molecule has 0 amide bonds. The predicted molar refractivity (Wildman–Crippen MR) is 71.3 cm³/mol. The number of carbonyl (C=O) groups is 2. The Hall–Kier alpha value is -1.88. The Labute approximate surface area is 116 Å². The van der Waals surface area contributed by atoms with Crippen molar-refractivity contribution in [3.05, 3.63) is 35.9 Å². The van der Waals surface area contributed by atoms with Crippen LogP contribution in [0.25, 0.3) is 0 Å². The van der Waals surface area contributed by atoms with Crippen LogP contribution in [0.2, 0.25) is 0 Å². The van der Waals surface area contributed by atoms with Crippen molar-refractivity contribution in [2.75, 3.05) is 0 Å². The number of hydrogen-bond acceptors (Lipinski definition) is 4. The van der Waals surface area contributed by atoms with Crippen molar-refractivity contribution in [1.82, 2.24) is 5.32 Å². The fraction of sp³-hybridized carbons (Fsp3) is 0.467. The summed E-state index contributed by atoms with van der Waals surface area (Å²) in [5.74, 6) is -1.99. The second-order valence-corrected chi connectivity index (χ2v) is 5.46. The molecule has 2 bridgehead atoms. The Morgan fingerprint density at radius 1 is 1.20 bits per heavy atom. The Kier molecular flexibility index (Phi) is 3.44. The van der Waals surface area contributed by atoms with Gasteiger partial charge in [-0.3, -0.25) is 4.79 Å². The first-order valence-electron chi connectivity index (χ1n) is 6.90. The monoisotopic (exact) mass is 275 g/mol. The minimum absolute atomic E-state index is 0.0835. The topological polar surface area (TPSA) is 75.6 Å². The Bertz CT molecular complexity index is 516. The fourth-order valence-corrected chi connectivity index (χ4v) is 3.24. The van der Waals surface area contributed by atoms with Crippen LogP contribution in [0.15, 0.2) is 30.3 Å². The van der Waals surface area contributed by atoms with Crippen molar-refractivity contribution in [2.45, 2.75) is 37.5 Å². The summed E-state index contributed by atoms with van der Waals surface area (Å²) >= 11 is 0. The SMILES string of the molecule is O=C(O[C@H]1C[C@@H]2CC[C@@H](N2)[C@H]1C(=O)O)c1ccccc1. The molecule has 5 nitrogen and oxygen atoms in total.